The smallest absolute Gasteiger partial charge is 0.255 e. The maximum absolute atomic E-state index is 12.3. The van der Waals surface area contributed by atoms with Gasteiger partial charge in [-0.05, 0) is 20.0 Å². The number of nitrogens with zero attached hydrogens (tertiary/aromatic N) is 3. The van der Waals surface area contributed by atoms with E-state index in [0.29, 0.717) is 18.8 Å². The number of sulfonamides is 1. The molecular formula is C12H21N5O2S. The first-order valence-electron chi connectivity index (χ1n) is 6.66. The molecule has 1 fully saturated rings. The number of hydrazine groups is 1. The van der Waals surface area contributed by atoms with Crippen molar-refractivity contribution in [1.29, 1.82) is 0 Å². The van der Waals surface area contributed by atoms with Crippen LogP contribution < -0.4 is 10.1 Å². The van der Waals surface area contributed by atoms with Gasteiger partial charge in [-0.3, -0.25) is 4.98 Å². The SMILES string of the molecule is CCNc1cncc(S(=O)(=O)NN2CCN(C)CC2)c1. The number of rotatable bonds is 5. The van der Waals surface area contributed by atoms with Crippen LogP contribution in [0.5, 0.6) is 0 Å². The van der Waals surface area contributed by atoms with E-state index < -0.39 is 10.0 Å². The first kappa shape index (κ1) is 15.2. The molecule has 0 atom stereocenters. The maximum Gasteiger partial charge on any atom is 0.255 e. The normalized spacial score (nSPS) is 18.1. The van der Waals surface area contributed by atoms with Gasteiger partial charge in [0.1, 0.15) is 4.90 Å². The topological polar surface area (TPSA) is 77.6 Å². The Bertz CT molecular complexity index is 541. The average molecular weight is 299 g/mol. The van der Waals surface area contributed by atoms with Gasteiger partial charge in [0.05, 0.1) is 11.9 Å². The second-order valence-corrected chi connectivity index (χ2v) is 6.49. The molecule has 2 heterocycles. The second kappa shape index (κ2) is 6.49. The van der Waals surface area contributed by atoms with E-state index in [0.717, 1.165) is 19.6 Å². The van der Waals surface area contributed by atoms with Gasteiger partial charge >= 0.3 is 0 Å². The molecule has 0 spiro atoms. The predicted molar refractivity (Wildman–Crippen MR) is 77.8 cm³/mol. The summed E-state index contributed by atoms with van der Waals surface area (Å²) in [5.74, 6) is 0. The molecule has 1 aliphatic rings. The molecule has 2 rings (SSSR count). The number of piperazine rings is 1. The summed E-state index contributed by atoms with van der Waals surface area (Å²) in [6, 6.07) is 1.59. The third kappa shape index (κ3) is 3.89. The van der Waals surface area contributed by atoms with Crippen molar-refractivity contribution in [2.24, 2.45) is 0 Å². The van der Waals surface area contributed by atoms with E-state index in [4.69, 9.17) is 0 Å². The fourth-order valence-electron chi connectivity index (χ4n) is 1.99. The number of nitrogens with one attached hydrogen (secondary N) is 2. The zero-order valence-corrected chi connectivity index (χ0v) is 12.7. The van der Waals surface area contributed by atoms with Crippen LogP contribution in [0.15, 0.2) is 23.4 Å². The summed E-state index contributed by atoms with van der Waals surface area (Å²) in [4.78, 5) is 8.92. The Hall–Kier alpha value is -1.22. The van der Waals surface area contributed by atoms with Crippen molar-refractivity contribution in [3.63, 3.8) is 0 Å². The van der Waals surface area contributed by atoms with Crippen LogP contribution >= 0.6 is 0 Å². The Kier molecular flexibility index (Phi) is 4.92. The first-order valence-corrected chi connectivity index (χ1v) is 8.14. The zero-order chi connectivity index (χ0) is 14.6. The van der Waals surface area contributed by atoms with Crippen molar-refractivity contribution in [3.05, 3.63) is 18.5 Å². The lowest BCUT2D eigenvalue weighted by molar-refractivity contribution is 0.135. The van der Waals surface area contributed by atoms with Crippen molar-refractivity contribution >= 4 is 15.7 Å². The number of anilines is 1. The van der Waals surface area contributed by atoms with Gasteiger partial charge in [0.25, 0.3) is 10.0 Å². The molecule has 0 saturated carbocycles. The number of hydrogen-bond acceptors (Lipinski definition) is 6. The molecule has 1 aromatic rings. The Morgan fingerprint density at radius 1 is 1.25 bits per heavy atom. The van der Waals surface area contributed by atoms with E-state index >= 15 is 0 Å². The Labute approximate surface area is 120 Å². The maximum atomic E-state index is 12.3. The monoisotopic (exact) mass is 299 g/mol. The number of pyridine rings is 1. The molecule has 0 unspecified atom stereocenters. The first-order chi connectivity index (χ1) is 9.51. The van der Waals surface area contributed by atoms with E-state index in [-0.39, 0.29) is 4.90 Å². The van der Waals surface area contributed by atoms with Gasteiger partial charge in [-0.2, -0.15) is 0 Å². The van der Waals surface area contributed by atoms with Gasteiger partial charge < -0.3 is 10.2 Å². The molecule has 0 radical (unpaired) electrons. The fourth-order valence-corrected chi connectivity index (χ4v) is 3.10. The highest BCUT2D eigenvalue weighted by atomic mass is 32.2. The number of aromatic nitrogens is 1. The van der Waals surface area contributed by atoms with Gasteiger partial charge in [0, 0.05) is 38.9 Å². The Morgan fingerprint density at radius 2 is 1.95 bits per heavy atom. The summed E-state index contributed by atoms with van der Waals surface area (Å²) in [5, 5.41) is 4.79. The van der Waals surface area contributed by atoms with E-state index in [1.807, 2.05) is 14.0 Å². The van der Waals surface area contributed by atoms with E-state index in [1.54, 1.807) is 17.3 Å². The lowest BCUT2D eigenvalue weighted by atomic mass is 10.4. The summed E-state index contributed by atoms with van der Waals surface area (Å²) >= 11 is 0. The van der Waals surface area contributed by atoms with E-state index in [2.05, 4.69) is 20.0 Å². The molecular weight excluding hydrogens is 278 g/mol. The lowest BCUT2D eigenvalue weighted by Crippen LogP contribution is -2.52. The van der Waals surface area contributed by atoms with Crippen LogP contribution in [-0.4, -0.2) is 63.1 Å². The van der Waals surface area contributed by atoms with Gasteiger partial charge in [0.15, 0.2) is 0 Å². The highest BCUT2D eigenvalue weighted by molar-refractivity contribution is 7.89. The van der Waals surface area contributed by atoms with Gasteiger partial charge in [-0.25, -0.2) is 13.4 Å². The summed E-state index contributed by atoms with van der Waals surface area (Å²) in [7, 11) is -1.54. The molecule has 8 heteroatoms. The van der Waals surface area contributed by atoms with Crippen LogP contribution in [0, 0.1) is 0 Å². The van der Waals surface area contributed by atoms with Crippen LogP contribution in [0.1, 0.15) is 6.92 Å². The van der Waals surface area contributed by atoms with Crippen LogP contribution in [0.2, 0.25) is 0 Å². The minimum absolute atomic E-state index is 0.176. The van der Waals surface area contributed by atoms with Crippen molar-refractivity contribution in [1.82, 2.24) is 19.7 Å². The van der Waals surface area contributed by atoms with Crippen molar-refractivity contribution < 1.29 is 8.42 Å². The fraction of sp³-hybridized carbons (Fsp3) is 0.583. The quantitative estimate of drug-likeness (QED) is 0.794. The lowest BCUT2D eigenvalue weighted by Gasteiger charge is -2.32. The largest absolute Gasteiger partial charge is 0.384 e. The number of hydrogen-bond donors (Lipinski definition) is 2. The molecule has 0 bridgehead atoms. The van der Waals surface area contributed by atoms with Gasteiger partial charge in [0.2, 0.25) is 0 Å². The van der Waals surface area contributed by atoms with E-state index in [1.165, 1.54) is 6.20 Å². The number of likely N-dealkylation sites (N-methyl/N-ethyl adjacent to an activating group) is 1. The highest BCUT2D eigenvalue weighted by Gasteiger charge is 2.21. The zero-order valence-electron chi connectivity index (χ0n) is 11.8. The third-order valence-corrected chi connectivity index (χ3v) is 4.50. The third-order valence-electron chi connectivity index (χ3n) is 3.16. The van der Waals surface area contributed by atoms with Gasteiger partial charge in [-0.15, -0.1) is 4.83 Å². The van der Waals surface area contributed by atoms with Crippen molar-refractivity contribution in [3.8, 4) is 0 Å². The predicted octanol–water partition coefficient (Wildman–Crippen LogP) is -0.0459. The molecule has 1 saturated heterocycles. The molecule has 2 N–H and O–H groups in total. The summed E-state index contributed by atoms with van der Waals surface area (Å²) in [6.07, 6.45) is 2.97. The molecule has 1 aromatic heterocycles. The van der Waals surface area contributed by atoms with Crippen molar-refractivity contribution in [2.45, 2.75) is 11.8 Å². The van der Waals surface area contributed by atoms with Crippen LogP contribution in [0.25, 0.3) is 0 Å². The van der Waals surface area contributed by atoms with Gasteiger partial charge in [-0.1, -0.05) is 0 Å². The molecule has 0 aliphatic carbocycles. The molecule has 0 aromatic carbocycles. The molecule has 7 nitrogen and oxygen atoms in total. The van der Waals surface area contributed by atoms with Crippen LogP contribution in [-0.2, 0) is 10.0 Å². The van der Waals surface area contributed by atoms with Crippen LogP contribution in [0.3, 0.4) is 0 Å². The average Bonchev–Trinajstić information content (AvgIpc) is 2.42. The molecule has 20 heavy (non-hydrogen) atoms. The highest BCUT2D eigenvalue weighted by Crippen LogP contribution is 2.13. The minimum Gasteiger partial charge on any atom is -0.384 e. The second-order valence-electron chi connectivity index (χ2n) is 4.82. The molecule has 1 aliphatic heterocycles. The molecule has 112 valence electrons. The standard InChI is InChI=1S/C12H21N5O2S/c1-3-14-11-8-12(10-13-9-11)20(18,19)15-17-6-4-16(2)5-7-17/h8-10,14-15H,3-7H2,1-2H3. The van der Waals surface area contributed by atoms with E-state index in [9.17, 15) is 8.42 Å². The molecule has 0 amide bonds. The Balaban J connectivity index is 2.08. The summed E-state index contributed by atoms with van der Waals surface area (Å²) in [6.45, 7) is 5.71. The Morgan fingerprint density at radius 3 is 2.60 bits per heavy atom. The van der Waals surface area contributed by atoms with Crippen molar-refractivity contribution in [2.75, 3.05) is 45.1 Å². The summed E-state index contributed by atoms with van der Waals surface area (Å²) in [5.41, 5.74) is 0.703. The van der Waals surface area contributed by atoms with Crippen LogP contribution in [0.4, 0.5) is 5.69 Å². The summed E-state index contributed by atoms with van der Waals surface area (Å²) < 4.78 is 24.6. The minimum atomic E-state index is -3.56.